The molecule has 1 spiro atoms. The van der Waals surface area contributed by atoms with Gasteiger partial charge in [-0.2, -0.15) is 13.2 Å². The predicted molar refractivity (Wildman–Crippen MR) is 178 cm³/mol. The van der Waals surface area contributed by atoms with Gasteiger partial charge < -0.3 is 33.7 Å². The van der Waals surface area contributed by atoms with Gasteiger partial charge in [0.25, 0.3) is 0 Å². The van der Waals surface area contributed by atoms with Gasteiger partial charge >= 0.3 is 12.1 Å². The number of anilines is 1. The van der Waals surface area contributed by atoms with Crippen molar-refractivity contribution in [2.24, 2.45) is 5.41 Å². The number of carbonyl (C=O) groups excluding carboxylic acids is 2. The zero-order valence-corrected chi connectivity index (χ0v) is 28.5. The van der Waals surface area contributed by atoms with Gasteiger partial charge in [-0.25, -0.2) is 10.1 Å². The number of hydrogen-bond donors (Lipinski definition) is 3. The van der Waals surface area contributed by atoms with Gasteiger partial charge in [-0.15, -0.1) is 0 Å². The lowest BCUT2D eigenvalue weighted by Crippen LogP contribution is -2.83. The van der Waals surface area contributed by atoms with E-state index in [2.05, 4.69) is 5.32 Å². The number of carbonyl (C=O) groups is 2. The molecule has 2 aromatic carbocycles. The molecule has 2 unspecified atom stereocenters. The molecule has 6 rings (SSSR count). The topological polar surface area (TPSA) is 133 Å². The number of methoxy groups -OCH3 is 2. The standard InChI is InChI=1S/C36H42F3N5O6/c1-22(45)41-30-20-35(30)10-12-44(21-35)24-7-8-28(36(37,38)39)29(18-24)42-34(46)33-27(32(40)23-16-25(47-2)19-26(17-23)48-3)9-11-43(33)13-15-50-31-6-4-5-14-49-31/h7-9,11,16-19,30-31,40H,4-6,10,12-15,20-21H2,1-3H3,(H,41,45)(H,42,46)/p+2/t30?,31?,35-/m0/s1. The van der Waals surface area contributed by atoms with E-state index in [9.17, 15) is 22.8 Å². The summed E-state index contributed by atoms with van der Waals surface area (Å²) in [4.78, 5) is 27.9. The Hall–Kier alpha value is -4.40. The van der Waals surface area contributed by atoms with Crippen LogP contribution in [0.25, 0.3) is 0 Å². The fourth-order valence-electron chi connectivity index (χ4n) is 7.09. The smallest absolute Gasteiger partial charge is 0.422 e. The van der Waals surface area contributed by atoms with Crippen LogP contribution in [0.3, 0.4) is 0 Å². The van der Waals surface area contributed by atoms with E-state index in [0.29, 0.717) is 48.0 Å². The maximum atomic E-state index is 14.4. The first-order chi connectivity index (χ1) is 23.9. The van der Waals surface area contributed by atoms with Crippen molar-refractivity contribution in [3.8, 4) is 11.5 Å². The zero-order chi connectivity index (χ0) is 35.6. The Morgan fingerprint density at radius 3 is 2.52 bits per heavy atom. The van der Waals surface area contributed by atoms with Crippen molar-refractivity contribution >= 4 is 28.9 Å². The van der Waals surface area contributed by atoms with Gasteiger partial charge in [0, 0.05) is 68.6 Å². The third-order valence-corrected chi connectivity index (χ3v) is 9.87. The number of nitrogens with zero attached hydrogens (tertiary/aromatic N) is 2. The zero-order valence-electron chi connectivity index (χ0n) is 28.5. The molecule has 3 aliphatic rings. The summed E-state index contributed by atoms with van der Waals surface area (Å²) in [6.45, 7) is 3.77. The molecule has 2 aliphatic heterocycles. The second-order valence-electron chi connectivity index (χ2n) is 13.2. The molecule has 3 heterocycles. The Morgan fingerprint density at radius 1 is 1.10 bits per heavy atom. The third kappa shape index (κ3) is 7.67. The number of alkyl halides is 3. The lowest BCUT2D eigenvalue weighted by atomic mass is 10.0. The van der Waals surface area contributed by atoms with Gasteiger partial charge in [0.05, 0.1) is 32.0 Å². The molecule has 1 aromatic heterocycles. The molecule has 11 nitrogen and oxygen atoms in total. The van der Waals surface area contributed by atoms with Crippen molar-refractivity contribution in [1.82, 2.24) is 9.88 Å². The second kappa shape index (κ2) is 14.4. The number of rotatable bonds is 12. The third-order valence-electron chi connectivity index (χ3n) is 9.87. The summed E-state index contributed by atoms with van der Waals surface area (Å²) in [5, 5.41) is 10.7. The van der Waals surface area contributed by atoms with Crippen LogP contribution in [-0.2, 0) is 27.0 Å². The fraction of sp³-hybridized carbons (Fsp3) is 0.472. The van der Waals surface area contributed by atoms with Gasteiger partial charge in [-0.1, -0.05) is 0 Å². The average molecular weight is 700 g/mol. The van der Waals surface area contributed by atoms with Crippen LogP contribution in [0.4, 0.5) is 24.5 Å². The number of aromatic nitrogens is 1. The van der Waals surface area contributed by atoms with Gasteiger partial charge in [0.2, 0.25) is 11.6 Å². The first kappa shape index (κ1) is 35.4. The lowest BCUT2D eigenvalue weighted by molar-refractivity contribution is -0.466. The predicted octanol–water partition coefficient (Wildman–Crippen LogP) is 2.80. The Morgan fingerprint density at radius 2 is 1.86 bits per heavy atom. The molecule has 3 atom stereocenters. The van der Waals surface area contributed by atoms with Crippen molar-refractivity contribution in [2.75, 3.05) is 45.4 Å². The molecule has 14 heteroatoms. The van der Waals surface area contributed by atoms with E-state index >= 15 is 0 Å². The van der Waals surface area contributed by atoms with Crippen LogP contribution in [0.5, 0.6) is 11.5 Å². The minimum absolute atomic E-state index is 0.0539. The first-order valence-corrected chi connectivity index (χ1v) is 16.8. The van der Waals surface area contributed by atoms with Crippen LogP contribution in [0, 0.1) is 5.41 Å². The van der Waals surface area contributed by atoms with E-state index in [1.54, 1.807) is 35.0 Å². The summed E-state index contributed by atoms with van der Waals surface area (Å²) in [5.74, 6) is 0.209. The van der Waals surface area contributed by atoms with E-state index in [1.807, 2.05) is 4.90 Å². The highest BCUT2D eigenvalue weighted by Crippen LogP contribution is 2.53. The molecule has 2 amide bonds. The number of primary amides is 1. The monoisotopic (exact) mass is 699 g/mol. The minimum Gasteiger partial charge on any atom is -0.497 e. The fourth-order valence-corrected chi connectivity index (χ4v) is 7.09. The van der Waals surface area contributed by atoms with Crippen molar-refractivity contribution in [2.45, 2.75) is 64.1 Å². The number of ether oxygens (including phenoxy) is 4. The van der Waals surface area contributed by atoms with E-state index in [0.717, 1.165) is 43.5 Å². The molecule has 5 N–H and O–H groups in total. The summed E-state index contributed by atoms with van der Waals surface area (Å²) in [6.07, 6.45) is 0.982. The number of amides is 2. The molecule has 268 valence electrons. The van der Waals surface area contributed by atoms with Crippen molar-refractivity contribution < 1.29 is 52.4 Å². The van der Waals surface area contributed by atoms with Gasteiger partial charge in [0.1, 0.15) is 17.1 Å². The van der Waals surface area contributed by atoms with Crippen LogP contribution < -0.4 is 30.4 Å². The molecule has 1 saturated carbocycles. The van der Waals surface area contributed by atoms with E-state index in [-0.39, 0.29) is 53.9 Å². The quantitative estimate of drug-likeness (QED) is 0.196. The molecule has 3 fully saturated rings. The molecule has 0 radical (unpaired) electrons. The molecule has 0 bridgehead atoms. The van der Waals surface area contributed by atoms with Crippen LogP contribution in [-0.4, -0.2) is 74.9 Å². The highest BCUT2D eigenvalue weighted by atomic mass is 19.4. The van der Waals surface area contributed by atoms with Crippen molar-refractivity contribution in [3.05, 3.63) is 71.0 Å². The molecule has 1 aliphatic carbocycles. The normalized spacial score (nSPS) is 21.7. The van der Waals surface area contributed by atoms with Crippen LogP contribution in [0.15, 0.2) is 48.7 Å². The summed E-state index contributed by atoms with van der Waals surface area (Å²) in [7, 11) is 3.01. The largest absolute Gasteiger partial charge is 0.497 e. The Labute approximate surface area is 288 Å². The SMILES string of the molecule is COc1cc(OC)cc(C(=[NH2+])c2ccn(CCOC3CCCCO3)c2C(=O)[NH2+]c2cc(N3CC[C@]4(CC4NC(C)=O)C3)ccc2C(F)(F)F)c1. The minimum atomic E-state index is -4.70. The highest BCUT2D eigenvalue weighted by molar-refractivity contribution is 6.14. The summed E-state index contributed by atoms with van der Waals surface area (Å²) in [6, 6.07) is 10.7. The lowest BCUT2D eigenvalue weighted by Gasteiger charge is -2.23. The van der Waals surface area contributed by atoms with E-state index in [1.165, 1.54) is 33.3 Å². The van der Waals surface area contributed by atoms with Crippen molar-refractivity contribution in [3.63, 3.8) is 0 Å². The summed E-state index contributed by atoms with van der Waals surface area (Å²) >= 11 is 0. The highest BCUT2D eigenvalue weighted by Gasteiger charge is 2.58. The van der Waals surface area contributed by atoms with Crippen molar-refractivity contribution in [1.29, 1.82) is 0 Å². The molecular weight excluding hydrogens is 655 g/mol. The summed E-state index contributed by atoms with van der Waals surface area (Å²) < 4.78 is 67.2. The van der Waals surface area contributed by atoms with Gasteiger partial charge in [0.15, 0.2) is 17.7 Å². The Kier molecular flexibility index (Phi) is 10.2. The molecule has 2 saturated heterocycles. The number of hydrogen-bond acceptors (Lipinski definition) is 7. The van der Waals surface area contributed by atoms with Gasteiger partial charge in [-0.3, -0.25) is 10.2 Å². The first-order valence-electron chi connectivity index (χ1n) is 16.8. The molecular formula is C36H44F3N5O6+2. The Bertz CT molecular complexity index is 1730. The van der Waals surface area contributed by atoms with Gasteiger partial charge in [-0.05, 0) is 62.4 Å². The Balaban J connectivity index is 1.30. The molecule has 50 heavy (non-hydrogen) atoms. The maximum absolute atomic E-state index is 14.4. The van der Waals surface area contributed by atoms with E-state index < -0.39 is 17.6 Å². The number of quaternary nitrogens is 1. The number of halogens is 3. The average Bonchev–Trinajstić information content (AvgIpc) is 3.38. The second-order valence-corrected chi connectivity index (χ2v) is 13.2. The van der Waals surface area contributed by atoms with Crippen LogP contribution in [0.1, 0.15) is 66.2 Å². The number of nitrogens with two attached hydrogens (primary N) is 2. The maximum Gasteiger partial charge on any atom is 0.422 e. The van der Waals surface area contributed by atoms with Crippen LogP contribution >= 0.6 is 0 Å². The molecule has 3 aromatic rings. The number of benzene rings is 2. The van der Waals surface area contributed by atoms with Crippen LogP contribution in [0.2, 0.25) is 0 Å². The van der Waals surface area contributed by atoms with E-state index in [4.69, 9.17) is 24.4 Å². The number of nitrogens with one attached hydrogen (secondary N) is 1. The summed E-state index contributed by atoms with van der Waals surface area (Å²) in [5.41, 5.74) is 0.517.